The van der Waals surface area contributed by atoms with Crippen LogP contribution in [0.2, 0.25) is 0 Å². The van der Waals surface area contributed by atoms with Crippen LogP contribution in [0.25, 0.3) is 10.6 Å². The molecule has 0 spiro atoms. The smallest absolute Gasteiger partial charge is 0.265 e. The van der Waals surface area contributed by atoms with E-state index in [1.165, 1.54) is 11.3 Å². The highest BCUT2D eigenvalue weighted by Crippen LogP contribution is 2.37. The van der Waals surface area contributed by atoms with E-state index in [0.717, 1.165) is 16.3 Å². The molecule has 1 saturated heterocycles. The Morgan fingerprint density at radius 1 is 1.29 bits per heavy atom. The Morgan fingerprint density at radius 3 is 3.00 bits per heavy atom. The van der Waals surface area contributed by atoms with Crippen LogP contribution < -0.4 is 9.47 Å². The monoisotopic (exact) mass is 346 g/mol. The summed E-state index contributed by atoms with van der Waals surface area (Å²) < 4.78 is 16.3. The molecule has 3 heterocycles. The average molecular weight is 346 g/mol. The van der Waals surface area contributed by atoms with Crippen LogP contribution in [0, 0.1) is 0 Å². The van der Waals surface area contributed by atoms with E-state index >= 15 is 0 Å². The van der Waals surface area contributed by atoms with E-state index in [4.69, 9.17) is 14.2 Å². The summed E-state index contributed by atoms with van der Waals surface area (Å²) in [6.45, 7) is 5.41. The van der Waals surface area contributed by atoms with Crippen molar-refractivity contribution < 1.29 is 19.0 Å². The predicted molar refractivity (Wildman–Crippen MR) is 89.6 cm³/mol. The lowest BCUT2D eigenvalue weighted by atomic mass is 10.2. The molecular weight excluding hydrogens is 328 g/mol. The molecule has 0 bridgehead atoms. The van der Waals surface area contributed by atoms with Crippen molar-refractivity contribution in [2.75, 3.05) is 19.9 Å². The van der Waals surface area contributed by atoms with Gasteiger partial charge in [-0.15, -0.1) is 11.3 Å². The van der Waals surface area contributed by atoms with Crippen molar-refractivity contribution in [3.63, 3.8) is 0 Å². The Balaban J connectivity index is 1.57. The van der Waals surface area contributed by atoms with Crippen molar-refractivity contribution in [1.82, 2.24) is 9.88 Å². The number of carbonyl (C=O) groups excluding carboxylic acids is 1. The Bertz CT molecular complexity index is 776. The molecule has 2 atom stereocenters. The number of amides is 1. The third-order valence-electron chi connectivity index (χ3n) is 4.20. The fourth-order valence-corrected chi connectivity index (χ4v) is 3.73. The minimum Gasteiger partial charge on any atom is -0.454 e. The lowest BCUT2D eigenvalue weighted by Gasteiger charge is -2.36. The molecule has 4 rings (SSSR count). The van der Waals surface area contributed by atoms with Crippen LogP contribution in [0.1, 0.15) is 23.5 Å². The molecule has 1 amide bonds. The molecule has 2 aliphatic rings. The number of thiazole rings is 1. The highest BCUT2D eigenvalue weighted by atomic mass is 32.1. The summed E-state index contributed by atoms with van der Waals surface area (Å²) in [4.78, 5) is 19.7. The van der Waals surface area contributed by atoms with Gasteiger partial charge in [-0.05, 0) is 32.0 Å². The van der Waals surface area contributed by atoms with E-state index in [9.17, 15) is 4.79 Å². The van der Waals surface area contributed by atoms with Gasteiger partial charge in [0.05, 0.1) is 24.9 Å². The topological polar surface area (TPSA) is 60.9 Å². The number of benzene rings is 1. The maximum Gasteiger partial charge on any atom is 0.265 e. The number of hydrogen-bond donors (Lipinski definition) is 0. The minimum atomic E-state index is 0.0159. The van der Waals surface area contributed by atoms with Crippen molar-refractivity contribution in [2.45, 2.75) is 26.0 Å². The quantitative estimate of drug-likeness (QED) is 0.837. The Labute approximate surface area is 144 Å². The number of carbonyl (C=O) groups is 1. The molecule has 1 fully saturated rings. The SMILES string of the molecule is CC1CN(C(=O)c2cnc(-c3ccc4c(c3)OCO4)s2)C(C)CO1. The summed E-state index contributed by atoms with van der Waals surface area (Å²) >= 11 is 1.40. The van der Waals surface area contributed by atoms with Gasteiger partial charge in [0.2, 0.25) is 6.79 Å². The van der Waals surface area contributed by atoms with E-state index in [-0.39, 0.29) is 24.8 Å². The van der Waals surface area contributed by atoms with Gasteiger partial charge >= 0.3 is 0 Å². The number of nitrogens with zero attached hydrogens (tertiary/aromatic N) is 2. The van der Waals surface area contributed by atoms with Gasteiger partial charge in [-0.3, -0.25) is 4.79 Å². The van der Waals surface area contributed by atoms with Crippen LogP contribution in [0.15, 0.2) is 24.4 Å². The van der Waals surface area contributed by atoms with Crippen molar-refractivity contribution >= 4 is 17.2 Å². The summed E-state index contributed by atoms with van der Waals surface area (Å²) in [5.74, 6) is 1.47. The lowest BCUT2D eigenvalue weighted by molar-refractivity contribution is -0.0385. The number of hydrogen-bond acceptors (Lipinski definition) is 6. The summed E-state index contributed by atoms with van der Waals surface area (Å²) in [6, 6.07) is 5.77. The first kappa shape index (κ1) is 15.4. The molecule has 7 heteroatoms. The van der Waals surface area contributed by atoms with Crippen LogP contribution in [0.3, 0.4) is 0 Å². The summed E-state index contributed by atoms with van der Waals surface area (Å²) in [5, 5.41) is 0.797. The van der Waals surface area contributed by atoms with Crippen molar-refractivity contribution in [3.8, 4) is 22.1 Å². The van der Waals surface area contributed by atoms with Gasteiger partial charge in [-0.1, -0.05) is 0 Å². The molecule has 0 radical (unpaired) electrons. The van der Waals surface area contributed by atoms with E-state index in [1.54, 1.807) is 6.20 Å². The van der Waals surface area contributed by atoms with Crippen LogP contribution >= 0.6 is 11.3 Å². The van der Waals surface area contributed by atoms with E-state index in [1.807, 2.05) is 36.9 Å². The molecule has 0 saturated carbocycles. The normalized spacial score (nSPS) is 22.7. The molecule has 2 aromatic rings. The average Bonchev–Trinajstić information content (AvgIpc) is 3.24. The van der Waals surface area contributed by atoms with Crippen LogP contribution in [-0.2, 0) is 4.74 Å². The number of aromatic nitrogens is 1. The zero-order chi connectivity index (χ0) is 16.7. The second-order valence-corrected chi connectivity index (χ2v) is 7.08. The Morgan fingerprint density at radius 2 is 2.12 bits per heavy atom. The molecule has 1 aromatic carbocycles. The predicted octanol–water partition coefficient (Wildman–Crippen LogP) is 2.79. The third kappa shape index (κ3) is 2.74. The molecule has 2 aliphatic heterocycles. The highest BCUT2D eigenvalue weighted by molar-refractivity contribution is 7.16. The third-order valence-corrected chi connectivity index (χ3v) is 5.24. The first-order valence-corrected chi connectivity index (χ1v) is 8.72. The van der Waals surface area contributed by atoms with Crippen molar-refractivity contribution in [3.05, 3.63) is 29.3 Å². The number of fused-ring (bicyclic) bond motifs is 1. The fourth-order valence-electron chi connectivity index (χ4n) is 2.86. The molecule has 24 heavy (non-hydrogen) atoms. The number of morpholine rings is 1. The van der Waals surface area contributed by atoms with Gasteiger partial charge in [0.25, 0.3) is 5.91 Å². The van der Waals surface area contributed by atoms with Crippen molar-refractivity contribution in [2.24, 2.45) is 0 Å². The van der Waals surface area contributed by atoms with Crippen LogP contribution in [0.5, 0.6) is 11.5 Å². The molecule has 0 N–H and O–H groups in total. The van der Waals surface area contributed by atoms with E-state index in [2.05, 4.69) is 4.98 Å². The molecule has 126 valence electrons. The van der Waals surface area contributed by atoms with Gasteiger partial charge in [0.15, 0.2) is 11.5 Å². The first-order chi connectivity index (χ1) is 11.6. The minimum absolute atomic E-state index is 0.0159. The van der Waals surface area contributed by atoms with Gasteiger partial charge in [0.1, 0.15) is 9.88 Å². The summed E-state index contributed by atoms with van der Waals surface area (Å²) in [6.07, 6.45) is 1.71. The molecule has 1 aromatic heterocycles. The summed E-state index contributed by atoms with van der Waals surface area (Å²) in [5.41, 5.74) is 0.923. The van der Waals surface area contributed by atoms with Gasteiger partial charge in [-0.25, -0.2) is 4.98 Å². The zero-order valence-electron chi connectivity index (χ0n) is 13.5. The molecule has 0 aliphatic carbocycles. The standard InChI is InChI=1S/C17H18N2O4S/c1-10-8-21-11(2)7-19(10)17(20)15-6-18-16(24-15)12-3-4-13-14(5-12)23-9-22-13/h3-6,10-11H,7-9H2,1-2H3. The van der Waals surface area contributed by atoms with Crippen LogP contribution in [0.4, 0.5) is 0 Å². The van der Waals surface area contributed by atoms with E-state index in [0.29, 0.717) is 23.8 Å². The Hall–Kier alpha value is -2.12. The first-order valence-electron chi connectivity index (χ1n) is 7.90. The molecule has 2 unspecified atom stereocenters. The second-order valence-electron chi connectivity index (χ2n) is 6.05. The lowest BCUT2D eigenvalue weighted by Crippen LogP contribution is -2.50. The van der Waals surface area contributed by atoms with Gasteiger partial charge in [0, 0.05) is 12.1 Å². The largest absolute Gasteiger partial charge is 0.454 e. The van der Waals surface area contributed by atoms with Crippen LogP contribution in [-0.4, -0.2) is 47.9 Å². The number of ether oxygens (including phenoxy) is 3. The highest BCUT2D eigenvalue weighted by Gasteiger charge is 2.29. The summed E-state index contributed by atoms with van der Waals surface area (Å²) in [7, 11) is 0. The van der Waals surface area contributed by atoms with E-state index < -0.39 is 0 Å². The maximum absolute atomic E-state index is 12.8. The maximum atomic E-state index is 12.8. The van der Waals surface area contributed by atoms with Gasteiger partial charge < -0.3 is 19.1 Å². The fraction of sp³-hybridized carbons (Fsp3) is 0.412. The van der Waals surface area contributed by atoms with Crippen molar-refractivity contribution in [1.29, 1.82) is 0 Å². The second kappa shape index (κ2) is 6.07. The molecular formula is C17H18N2O4S. The molecule has 6 nitrogen and oxygen atoms in total. The van der Waals surface area contributed by atoms with Gasteiger partial charge in [-0.2, -0.15) is 0 Å². The number of rotatable bonds is 2. The zero-order valence-corrected chi connectivity index (χ0v) is 14.3. The Kier molecular flexibility index (Phi) is 3.90.